The number of hydrogen-bond donors (Lipinski definition) is 3. The van der Waals surface area contributed by atoms with Gasteiger partial charge in [0.15, 0.2) is 17.2 Å². The Morgan fingerprint density at radius 1 is 1.09 bits per heavy atom. The Hall–Kier alpha value is -3.01. The van der Waals surface area contributed by atoms with E-state index in [2.05, 4.69) is 15.3 Å². The molecule has 1 spiro atoms. The van der Waals surface area contributed by atoms with E-state index in [-0.39, 0.29) is 40.6 Å². The minimum Gasteiger partial charge on any atom is -0.505 e. The van der Waals surface area contributed by atoms with Gasteiger partial charge < -0.3 is 15.5 Å². The number of benzene rings is 2. The topological polar surface area (TPSA) is 78.3 Å². The molecule has 35 heavy (non-hydrogen) atoms. The molecule has 0 saturated heterocycles. The summed E-state index contributed by atoms with van der Waals surface area (Å²) in [5.41, 5.74) is -4.38. The van der Waals surface area contributed by atoms with E-state index in [1.807, 2.05) is 0 Å². The first kappa shape index (κ1) is 23.7. The zero-order valence-corrected chi connectivity index (χ0v) is 18.9. The predicted octanol–water partition coefficient (Wildman–Crippen LogP) is 5.97. The molecule has 1 fully saturated rings. The number of aromatic hydroxyl groups is 1. The summed E-state index contributed by atoms with van der Waals surface area (Å²) in [6, 6.07) is 2.35. The van der Waals surface area contributed by atoms with Gasteiger partial charge in [-0.25, -0.2) is 18.7 Å². The van der Waals surface area contributed by atoms with Gasteiger partial charge in [-0.05, 0) is 43.9 Å². The second kappa shape index (κ2) is 8.01. The largest absolute Gasteiger partial charge is 0.505 e. The van der Waals surface area contributed by atoms with Crippen molar-refractivity contribution in [2.24, 2.45) is 0 Å². The number of aryl methyl sites for hydroxylation is 1. The lowest BCUT2D eigenvalue weighted by atomic mass is 9.56. The first-order valence-corrected chi connectivity index (χ1v) is 11.5. The fourth-order valence-corrected chi connectivity index (χ4v) is 5.93. The van der Waals surface area contributed by atoms with Gasteiger partial charge >= 0.3 is 6.18 Å². The fourth-order valence-electron chi connectivity index (χ4n) is 5.93. The number of fused-ring (bicyclic) bond motifs is 3. The summed E-state index contributed by atoms with van der Waals surface area (Å²) < 4.78 is 72.8. The monoisotopic (exact) mass is 493 g/mol. The highest BCUT2D eigenvalue weighted by atomic mass is 19.4. The maximum absolute atomic E-state index is 14.6. The molecule has 5 rings (SSSR count). The number of aliphatic hydroxyl groups is 1. The molecule has 2 aliphatic rings. The van der Waals surface area contributed by atoms with Crippen molar-refractivity contribution in [1.29, 1.82) is 0 Å². The van der Waals surface area contributed by atoms with Crippen LogP contribution in [0.4, 0.5) is 27.6 Å². The molecule has 2 aliphatic carbocycles. The van der Waals surface area contributed by atoms with Gasteiger partial charge in [0.1, 0.15) is 11.6 Å². The van der Waals surface area contributed by atoms with Crippen LogP contribution < -0.4 is 5.32 Å². The number of halogens is 5. The zero-order valence-electron chi connectivity index (χ0n) is 18.9. The molecular formula is C25H24F5N3O2. The summed E-state index contributed by atoms with van der Waals surface area (Å²) in [6.07, 6.45) is -1.94. The summed E-state index contributed by atoms with van der Waals surface area (Å²) in [6.45, 7) is 1.60. The standard InChI is InChI=1S/C25H24F5N3O2/c1-13-31-11-16-18(32-13)9-14(26)10-19(16)33-22-15-5-6-17(27)21(34)20(15)23(7-3-2-4-8-23)12-24(22,35)25(28,29)30/h5-6,9-11,22,33-35H,2-4,7-8,12H2,1H3. The van der Waals surface area contributed by atoms with Crippen molar-refractivity contribution in [2.45, 2.75) is 68.7 Å². The second-order valence-corrected chi connectivity index (χ2v) is 9.68. The van der Waals surface area contributed by atoms with Crippen molar-refractivity contribution in [2.75, 3.05) is 5.32 Å². The quantitative estimate of drug-likeness (QED) is 0.383. The Balaban J connectivity index is 1.75. The van der Waals surface area contributed by atoms with Crippen molar-refractivity contribution in [1.82, 2.24) is 9.97 Å². The van der Waals surface area contributed by atoms with Crippen molar-refractivity contribution in [3.63, 3.8) is 0 Å². The molecule has 1 heterocycles. The third-order valence-electron chi connectivity index (χ3n) is 7.47. The molecule has 0 bridgehead atoms. The van der Waals surface area contributed by atoms with Crippen LogP contribution in [0.25, 0.3) is 10.9 Å². The lowest BCUT2D eigenvalue weighted by Gasteiger charge is -2.52. The number of nitrogens with one attached hydrogen (secondary N) is 1. The van der Waals surface area contributed by atoms with E-state index < -0.39 is 47.0 Å². The highest BCUT2D eigenvalue weighted by Crippen LogP contribution is 2.60. The van der Waals surface area contributed by atoms with E-state index in [9.17, 15) is 32.2 Å². The molecule has 0 radical (unpaired) electrons. The molecule has 1 saturated carbocycles. The van der Waals surface area contributed by atoms with Crippen LogP contribution >= 0.6 is 0 Å². The lowest BCUT2D eigenvalue weighted by Crippen LogP contribution is -2.59. The van der Waals surface area contributed by atoms with Gasteiger partial charge in [0.2, 0.25) is 0 Å². The van der Waals surface area contributed by atoms with E-state index in [0.717, 1.165) is 30.7 Å². The highest BCUT2D eigenvalue weighted by Gasteiger charge is 2.66. The smallest absolute Gasteiger partial charge is 0.419 e. The summed E-state index contributed by atoms with van der Waals surface area (Å²) >= 11 is 0. The molecule has 2 atom stereocenters. The van der Waals surface area contributed by atoms with Crippen LogP contribution in [0, 0.1) is 18.6 Å². The normalized spacial score (nSPS) is 23.9. The van der Waals surface area contributed by atoms with Gasteiger partial charge in [-0.1, -0.05) is 25.3 Å². The minimum absolute atomic E-state index is 0.0537. The molecule has 5 nitrogen and oxygen atoms in total. The van der Waals surface area contributed by atoms with Gasteiger partial charge in [-0.2, -0.15) is 13.2 Å². The van der Waals surface area contributed by atoms with E-state index in [1.165, 1.54) is 6.20 Å². The molecule has 2 unspecified atom stereocenters. The number of alkyl halides is 3. The Morgan fingerprint density at radius 2 is 1.80 bits per heavy atom. The highest BCUT2D eigenvalue weighted by molar-refractivity contribution is 5.91. The third-order valence-corrected chi connectivity index (χ3v) is 7.47. The molecule has 3 aromatic rings. The predicted molar refractivity (Wildman–Crippen MR) is 119 cm³/mol. The number of rotatable bonds is 2. The molecule has 186 valence electrons. The SMILES string of the molecule is Cc1ncc2c(NC3c4ccc(F)c(O)c4C4(CCCCC4)CC3(O)C(F)(F)F)cc(F)cc2n1. The van der Waals surface area contributed by atoms with Gasteiger partial charge in [-0.3, -0.25) is 0 Å². The zero-order chi connectivity index (χ0) is 25.2. The Morgan fingerprint density at radius 3 is 2.49 bits per heavy atom. The Kier molecular flexibility index (Phi) is 5.43. The maximum Gasteiger partial charge on any atom is 0.419 e. The molecular weight excluding hydrogens is 469 g/mol. The van der Waals surface area contributed by atoms with Gasteiger partial charge in [0.25, 0.3) is 0 Å². The van der Waals surface area contributed by atoms with Crippen LogP contribution in [-0.2, 0) is 5.41 Å². The fraction of sp³-hybridized carbons (Fsp3) is 0.440. The van der Waals surface area contributed by atoms with E-state index >= 15 is 0 Å². The molecule has 2 aromatic carbocycles. The van der Waals surface area contributed by atoms with Gasteiger partial charge in [-0.15, -0.1) is 0 Å². The number of anilines is 1. The molecule has 0 aliphatic heterocycles. The van der Waals surface area contributed by atoms with Crippen molar-refractivity contribution in [3.8, 4) is 5.75 Å². The van der Waals surface area contributed by atoms with E-state index in [0.29, 0.717) is 18.7 Å². The van der Waals surface area contributed by atoms with Crippen molar-refractivity contribution >= 4 is 16.6 Å². The average Bonchev–Trinajstić information content (AvgIpc) is 2.78. The van der Waals surface area contributed by atoms with Crippen molar-refractivity contribution in [3.05, 3.63) is 59.0 Å². The Labute approximate surface area is 198 Å². The average molecular weight is 493 g/mol. The number of hydrogen-bond acceptors (Lipinski definition) is 5. The van der Waals surface area contributed by atoms with E-state index in [1.54, 1.807) is 6.92 Å². The minimum atomic E-state index is -5.08. The van der Waals surface area contributed by atoms with Crippen molar-refractivity contribution < 1.29 is 32.2 Å². The maximum atomic E-state index is 14.6. The van der Waals surface area contributed by atoms with Crippen LogP contribution in [0.5, 0.6) is 5.75 Å². The van der Waals surface area contributed by atoms with Crippen LogP contribution in [0.2, 0.25) is 0 Å². The third kappa shape index (κ3) is 3.69. The van der Waals surface area contributed by atoms with Crippen LogP contribution in [0.15, 0.2) is 30.5 Å². The lowest BCUT2D eigenvalue weighted by molar-refractivity contribution is -0.277. The summed E-state index contributed by atoms with van der Waals surface area (Å²) in [7, 11) is 0. The number of phenols is 1. The molecule has 1 aromatic heterocycles. The van der Waals surface area contributed by atoms with Gasteiger partial charge in [0, 0.05) is 34.3 Å². The van der Waals surface area contributed by atoms with Gasteiger partial charge in [0.05, 0.1) is 11.6 Å². The Bertz CT molecular complexity index is 1300. The van der Waals surface area contributed by atoms with Crippen LogP contribution in [0.1, 0.15) is 61.5 Å². The molecule has 0 amide bonds. The molecule has 3 N–H and O–H groups in total. The number of phenolic OH excluding ortho intramolecular Hbond substituents is 1. The summed E-state index contributed by atoms with van der Waals surface area (Å²) in [5.74, 6) is -2.03. The summed E-state index contributed by atoms with van der Waals surface area (Å²) in [5, 5.41) is 25.0. The molecule has 10 heteroatoms. The van der Waals surface area contributed by atoms with E-state index in [4.69, 9.17) is 0 Å². The first-order chi connectivity index (χ1) is 16.4. The number of nitrogens with zero attached hydrogens (tertiary/aromatic N) is 2. The van der Waals surface area contributed by atoms with Crippen LogP contribution in [-0.4, -0.2) is 32.0 Å². The summed E-state index contributed by atoms with van der Waals surface area (Å²) in [4.78, 5) is 8.21. The first-order valence-electron chi connectivity index (χ1n) is 11.5. The second-order valence-electron chi connectivity index (χ2n) is 9.68. The van der Waals surface area contributed by atoms with Crippen LogP contribution in [0.3, 0.4) is 0 Å². The number of aromatic nitrogens is 2.